The number of carbonyl (C=O) groups excluding carboxylic acids is 2. The Hall–Kier alpha value is -2.74. The van der Waals surface area contributed by atoms with Gasteiger partial charge in [0, 0.05) is 34.7 Å². The van der Waals surface area contributed by atoms with Crippen molar-refractivity contribution in [2.75, 3.05) is 18.4 Å². The van der Waals surface area contributed by atoms with Gasteiger partial charge >= 0.3 is 0 Å². The summed E-state index contributed by atoms with van der Waals surface area (Å²) in [7, 11) is 0. The highest BCUT2D eigenvalue weighted by Crippen LogP contribution is 2.31. The molecule has 2 amide bonds. The summed E-state index contributed by atoms with van der Waals surface area (Å²) in [5.41, 5.74) is 3.18. The number of halogens is 1. The van der Waals surface area contributed by atoms with E-state index in [9.17, 15) is 9.59 Å². The Morgan fingerprint density at radius 3 is 2.53 bits per heavy atom. The van der Waals surface area contributed by atoms with Gasteiger partial charge in [0.25, 0.3) is 5.91 Å². The molecule has 2 aromatic carbocycles. The van der Waals surface area contributed by atoms with E-state index in [1.165, 1.54) is 12.8 Å². The Balaban J connectivity index is 1.21. The van der Waals surface area contributed by atoms with Gasteiger partial charge in [-0.2, -0.15) is 0 Å². The third kappa shape index (κ3) is 4.28. The zero-order chi connectivity index (χ0) is 22.1. The highest BCUT2D eigenvalue weighted by atomic mass is 79.9. The van der Waals surface area contributed by atoms with Gasteiger partial charge in [0.05, 0.1) is 11.6 Å². The second kappa shape index (κ2) is 9.02. The Bertz CT molecular complexity index is 1150. The first-order chi connectivity index (χ1) is 15.6. The summed E-state index contributed by atoms with van der Waals surface area (Å²) in [6.07, 6.45) is 6.07. The van der Waals surface area contributed by atoms with Gasteiger partial charge in [-0.15, -0.1) is 5.10 Å². The molecule has 1 aromatic heterocycles. The molecule has 0 atom stereocenters. The van der Waals surface area contributed by atoms with Crippen molar-refractivity contribution >= 4 is 44.5 Å². The summed E-state index contributed by atoms with van der Waals surface area (Å²) in [6, 6.07) is 13.7. The topological polar surface area (TPSA) is 80.1 Å². The van der Waals surface area contributed by atoms with E-state index < -0.39 is 0 Å². The number of aromatic nitrogens is 3. The molecule has 5 rings (SSSR count). The van der Waals surface area contributed by atoms with Crippen molar-refractivity contribution < 1.29 is 9.59 Å². The Labute approximate surface area is 195 Å². The smallest absolute Gasteiger partial charge is 0.253 e. The van der Waals surface area contributed by atoms with Gasteiger partial charge in [-0.1, -0.05) is 40.1 Å². The monoisotopic (exact) mass is 495 g/mol. The third-order valence-electron chi connectivity index (χ3n) is 6.63. The Morgan fingerprint density at radius 2 is 1.78 bits per heavy atom. The maximum atomic E-state index is 13.1. The molecule has 166 valence electrons. The van der Waals surface area contributed by atoms with Crippen LogP contribution in [0.1, 0.15) is 54.9 Å². The predicted octanol–water partition coefficient (Wildman–Crippen LogP) is 4.80. The first-order valence-electron chi connectivity index (χ1n) is 11.3. The quantitative estimate of drug-likeness (QED) is 0.563. The van der Waals surface area contributed by atoms with Crippen molar-refractivity contribution in [3.63, 3.8) is 0 Å². The number of carbonyl (C=O) groups is 2. The minimum atomic E-state index is -0.0909. The van der Waals surface area contributed by atoms with E-state index in [4.69, 9.17) is 0 Å². The van der Waals surface area contributed by atoms with Gasteiger partial charge in [0.2, 0.25) is 5.91 Å². The van der Waals surface area contributed by atoms with Crippen LogP contribution in [-0.2, 0) is 4.79 Å². The van der Waals surface area contributed by atoms with Crippen LogP contribution in [0.5, 0.6) is 0 Å². The van der Waals surface area contributed by atoms with Gasteiger partial charge in [0.1, 0.15) is 5.52 Å². The molecule has 2 aliphatic rings. The molecule has 1 saturated heterocycles. The molecule has 0 unspecified atom stereocenters. The number of nitrogens with one attached hydrogen (secondary N) is 1. The highest BCUT2D eigenvalue weighted by molar-refractivity contribution is 9.10. The Morgan fingerprint density at radius 1 is 1.00 bits per heavy atom. The second-order valence-corrected chi connectivity index (χ2v) is 9.66. The zero-order valence-electron chi connectivity index (χ0n) is 17.8. The van der Waals surface area contributed by atoms with E-state index in [0.717, 1.165) is 34.0 Å². The number of likely N-dealkylation sites (tertiary alicyclic amines) is 1. The molecule has 0 radical (unpaired) electrons. The summed E-state index contributed by atoms with van der Waals surface area (Å²) < 4.78 is 2.95. The predicted molar refractivity (Wildman–Crippen MR) is 126 cm³/mol. The van der Waals surface area contributed by atoms with Crippen LogP contribution in [-0.4, -0.2) is 44.8 Å². The van der Waals surface area contributed by atoms with E-state index in [1.807, 2.05) is 52.0 Å². The molecule has 1 aliphatic carbocycles. The largest absolute Gasteiger partial charge is 0.339 e. The minimum Gasteiger partial charge on any atom is -0.339 e. The van der Waals surface area contributed by atoms with Crippen LogP contribution in [0.4, 0.5) is 5.69 Å². The van der Waals surface area contributed by atoms with Crippen molar-refractivity contribution in [3.8, 4) is 0 Å². The lowest BCUT2D eigenvalue weighted by atomic mass is 9.95. The van der Waals surface area contributed by atoms with E-state index in [0.29, 0.717) is 37.5 Å². The van der Waals surface area contributed by atoms with Crippen LogP contribution in [0.25, 0.3) is 11.0 Å². The molecule has 1 N–H and O–H groups in total. The summed E-state index contributed by atoms with van der Waals surface area (Å²) in [4.78, 5) is 27.6. The van der Waals surface area contributed by atoms with Crippen LogP contribution >= 0.6 is 15.9 Å². The lowest BCUT2D eigenvalue weighted by Gasteiger charge is -2.31. The lowest BCUT2D eigenvalue weighted by Crippen LogP contribution is -2.41. The third-order valence-corrected chi connectivity index (χ3v) is 7.13. The van der Waals surface area contributed by atoms with Gasteiger partial charge < -0.3 is 10.2 Å². The van der Waals surface area contributed by atoms with Gasteiger partial charge in [-0.3, -0.25) is 9.59 Å². The number of nitrogens with zero attached hydrogens (tertiary/aromatic N) is 4. The normalized spacial score (nSPS) is 17.7. The molecule has 2 heterocycles. The first kappa shape index (κ1) is 21.1. The zero-order valence-corrected chi connectivity index (χ0v) is 19.4. The van der Waals surface area contributed by atoms with E-state index in [2.05, 4.69) is 31.6 Å². The first-order valence-corrected chi connectivity index (χ1v) is 12.1. The summed E-state index contributed by atoms with van der Waals surface area (Å²) in [6.45, 7) is 1.14. The molecule has 1 aliphatic heterocycles. The minimum absolute atomic E-state index is 0.00633. The molecular formula is C24H26BrN5O2. The molecule has 0 spiro atoms. The molecule has 0 bridgehead atoms. The molecular weight excluding hydrogens is 470 g/mol. The van der Waals surface area contributed by atoms with E-state index in [-0.39, 0.29) is 17.7 Å². The highest BCUT2D eigenvalue weighted by Gasteiger charge is 2.28. The number of hydrogen-bond donors (Lipinski definition) is 1. The fraction of sp³-hybridized carbons (Fsp3) is 0.417. The number of benzene rings is 2. The number of rotatable bonds is 4. The van der Waals surface area contributed by atoms with Crippen molar-refractivity contribution in [1.29, 1.82) is 0 Å². The summed E-state index contributed by atoms with van der Waals surface area (Å²) in [5.74, 6) is -0.0832. The Kier molecular flexibility index (Phi) is 5.95. The van der Waals surface area contributed by atoms with Crippen LogP contribution in [0.2, 0.25) is 0 Å². The van der Waals surface area contributed by atoms with Crippen molar-refractivity contribution in [2.24, 2.45) is 5.92 Å². The van der Waals surface area contributed by atoms with Crippen LogP contribution in [0.3, 0.4) is 0 Å². The number of fused-ring (bicyclic) bond motifs is 1. The molecule has 8 heteroatoms. The van der Waals surface area contributed by atoms with E-state index >= 15 is 0 Å². The van der Waals surface area contributed by atoms with Crippen molar-refractivity contribution in [2.45, 2.75) is 44.6 Å². The number of amides is 2. The standard InChI is InChI=1S/C24H26BrN5O2/c25-18-4-3-5-19(15-18)26-23(31)16-10-12-29(13-11-16)24(32)17-8-9-22-21(14-17)27-28-30(22)20-6-1-2-7-20/h3-5,8-9,14-16,20H,1-2,6-7,10-13H2,(H,26,31). The molecule has 32 heavy (non-hydrogen) atoms. The average Bonchev–Trinajstić information content (AvgIpc) is 3.48. The van der Waals surface area contributed by atoms with Gasteiger partial charge in [0.15, 0.2) is 0 Å². The SMILES string of the molecule is O=C(Nc1cccc(Br)c1)C1CCN(C(=O)c2ccc3c(c2)nnn3C2CCCC2)CC1. The molecule has 1 saturated carbocycles. The van der Waals surface area contributed by atoms with Gasteiger partial charge in [-0.05, 0) is 62.1 Å². The summed E-state index contributed by atoms with van der Waals surface area (Å²) in [5, 5.41) is 11.7. The maximum absolute atomic E-state index is 13.1. The molecule has 2 fully saturated rings. The average molecular weight is 496 g/mol. The number of hydrogen-bond acceptors (Lipinski definition) is 4. The second-order valence-electron chi connectivity index (χ2n) is 8.74. The lowest BCUT2D eigenvalue weighted by molar-refractivity contribution is -0.121. The summed E-state index contributed by atoms with van der Waals surface area (Å²) >= 11 is 3.42. The fourth-order valence-electron chi connectivity index (χ4n) is 4.83. The van der Waals surface area contributed by atoms with Crippen molar-refractivity contribution in [1.82, 2.24) is 19.9 Å². The maximum Gasteiger partial charge on any atom is 0.253 e. The van der Waals surface area contributed by atoms with Crippen molar-refractivity contribution in [3.05, 3.63) is 52.5 Å². The van der Waals surface area contributed by atoms with Gasteiger partial charge in [-0.25, -0.2) is 4.68 Å². The van der Waals surface area contributed by atoms with E-state index in [1.54, 1.807) is 0 Å². The van der Waals surface area contributed by atoms with Crippen LogP contribution < -0.4 is 5.32 Å². The molecule has 7 nitrogen and oxygen atoms in total. The van der Waals surface area contributed by atoms with Crippen LogP contribution in [0.15, 0.2) is 46.9 Å². The number of anilines is 1. The number of piperidine rings is 1. The molecule has 3 aromatic rings. The fourth-order valence-corrected chi connectivity index (χ4v) is 5.23. The van der Waals surface area contributed by atoms with Crippen LogP contribution in [0, 0.1) is 5.92 Å².